The molecule has 2 rings (SSSR count). The third-order valence-corrected chi connectivity index (χ3v) is 3.86. The zero-order valence-electron chi connectivity index (χ0n) is 11.2. The summed E-state index contributed by atoms with van der Waals surface area (Å²) >= 11 is 0. The quantitative estimate of drug-likeness (QED) is 0.768. The van der Waals surface area contributed by atoms with Crippen LogP contribution in [0.5, 0.6) is 0 Å². The van der Waals surface area contributed by atoms with Gasteiger partial charge < -0.3 is 14.7 Å². The Morgan fingerprint density at radius 2 is 2.17 bits per heavy atom. The lowest BCUT2D eigenvalue weighted by Gasteiger charge is -2.23. The molecule has 0 spiro atoms. The Morgan fingerprint density at radius 3 is 2.83 bits per heavy atom. The van der Waals surface area contributed by atoms with Gasteiger partial charge in [0.25, 0.3) is 0 Å². The highest BCUT2D eigenvalue weighted by Gasteiger charge is 2.32. The van der Waals surface area contributed by atoms with Crippen LogP contribution < -0.4 is 0 Å². The van der Waals surface area contributed by atoms with Gasteiger partial charge in [-0.3, -0.25) is 9.69 Å². The van der Waals surface area contributed by atoms with Crippen LogP contribution in [0.25, 0.3) is 0 Å². The molecule has 2 unspecified atom stereocenters. The number of ether oxygens (including phenoxy) is 1. The summed E-state index contributed by atoms with van der Waals surface area (Å²) in [7, 11) is 0. The Kier molecular flexibility index (Phi) is 4.97. The molecule has 0 radical (unpaired) electrons. The van der Waals surface area contributed by atoms with Crippen molar-refractivity contribution in [3.63, 3.8) is 0 Å². The standard InChI is InChI=1S/C13H24N2O3/c1-11-9-12(10-18-11)13(17)15-4-2-3-14(5-6-15)7-8-16/h11-12,16H,2-10H2,1H3. The summed E-state index contributed by atoms with van der Waals surface area (Å²) in [6, 6.07) is 0. The fourth-order valence-corrected chi connectivity index (χ4v) is 2.80. The second kappa shape index (κ2) is 6.50. The van der Waals surface area contributed by atoms with Crippen molar-refractivity contribution in [1.82, 2.24) is 9.80 Å². The average molecular weight is 256 g/mol. The Balaban J connectivity index is 1.83. The summed E-state index contributed by atoms with van der Waals surface area (Å²) in [5.74, 6) is 0.314. The fourth-order valence-electron chi connectivity index (χ4n) is 2.80. The highest BCUT2D eigenvalue weighted by molar-refractivity contribution is 5.79. The Labute approximate surface area is 109 Å². The van der Waals surface area contributed by atoms with Crippen molar-refractivity contribution < 1.29 is 14.6 Å². The summed E-state index contributed by atoms with van der Waals surface area (Å²) < 4.78 is 5.48. The molecule has 18 heavy (non-hydrogen) atoms. The first-order valence-corrected chi connectivity index (χ1v) is 6.94. The summed E-state index contributed by atoms with van der Waals surface area (Å²) in [6.45, 7) is 6.98. The van der Waals surface area contributed by atoms with Gasteiger partial charge in [-0.05, 0) is 26.3 Å². The molecule has 2 atom stereocenters. The van der Waals surface area contributed by atoms with E-state index in [1.807, 2.05) is 11.8 Å². The summed E-state index contributed by atoms with van der Waals surface area (Å²) in [5, 5.41) is 8.95. The van der Waals surface area contributed by atoms with Crippen LogP contribution in [0.1, 0.15) is 19.8 Å². The van der Waals surface area contributed by atoms with Crippen LogP contribution in [-0.2, 0) is 9.53 Å². The molecule has 0 bridgehead atoms. The third-order valence-electron chi connectivity index (χ3n) is 3.86. The maximum Gasteiger partial charge on any atom is 0.228 e. The second-order valence-electron chi connectivity index (χ2n) is 5.32. The van der Waals surface area contributed by atoms with Crippen molar-refractivity contribution in [2.45, 2.75) is 25.9 Å². The molecule has 2 aliphatic heterocycles. The fraction of sp³-hybridized carbons (Fsp3) is 0.923. The maximum absolute atomic E-state index is 12.3. The maximum atomic E-state index is 12.3. The van der Waals surface area contributed by atoms with Crippen molar-refractivity contribution in [2.24, 2.45) is 5.92 Å². The van der Waals surface area contributed by atoms with Gasteiger partial charge in [0.2, 0.25) is 5.91 Å². The van der Waals surface area contributed by atoms with Crippen molar-refractivity contribution in [3.8, 4) is 0 Å². The zero-order chi connectivity index (χ0) is 13.0. The van der Waals surface area contributed by atoms with E-state index in [4.69, 9.17) is 9.84 Å². The minimum atomic E-state index is 0.0596. The topological polar surface area (TPSA) is 53.0 Å². The van der Waals surface area contributed by atoms with Crippen LogP contribution in [0, 0.1) is 5.92 Å². The predicted molar refractivity (Wildman–Crippen MR) is 68.2 cm³/mol. The molecular formula is C13H24N2O3. The first-order chi connectivity index (χ1) is 8.70. The van der Waals surface area contributed by atoms with Crippen molar-refractivity contribution in [2.75, 3.05) is 45.9 Å². The molecule has 5 heteroatoms. The first-order valence-electron chi connectivity index (χ1n) is 6.94. The normalized spacial score (nSPS) is 30.4. The molecule has 0 aromatic rings. The number of hydrogen-bond donors (Lipinski definition) is 1. The van der Waals surface area contributed by atoms with E-state index in [1.54, 1.807) is 0 Å². The van der Waals surface area contributed by atoms with E-state index < -0.39 is 0 Å². The van der Waals surface area contributed by atoms with Crippen LogP contribution in [0.4, 0.5) is 0 Å². The molecule has 0 aliphatic carbocycles. The minimum absolute atomic E-state index is 0.0596. The number of aliphatic hydroxyl groups excluding tert-OH is 1. The molecule has 2 fully saturated rings. The zero-order valence-corrected chi connectivity index (χ0v) is 11.2. The van der Waals surface area contributed by atoms with Gasteiger partial charge in [0, 0.05) is 26.2 Å². The molecule has 1 amide bonds. The number of nitrogens with zero attached hydrogens (tertiary/aromatic N) is 2. The molecule has 0 aromatic heterocycles. The SMILES string of the molecule is CC1CC(C(=O)N2CCCN(CCO)CC2)CO1. The number of rotatable bonds is 3. The van der Waals surface area contributed by atoms with Gasteiger partial charge in [-0.2, -0.15) is 0 Å². The van der Waals surface area contributed by atoms with E-state index in [-0.39, 0.29) is 24.5 Å². The van der Waals surface area contributed by atoms with Crippen LogP contribution in [0.3, 0.4) is 0 Å². The van der Waals surface area contributed by atoms with Gasteiger partial charge in [0.15, 0.2) is 0 Å². The molecule has 5 nitrogen and oxygen atoms in total. The lowest BCUT2D eigenvalue weighted by molar-refractivity contribution is -0.135. The van der Waals surface area contributed by atoms with Crippen molar-refractivity contribution in [3.05, 3.63) is 0 Å². The van der Waals surface area contributed by atoms with Gasteiger partial charge in [-0.1, -0.05) is 0 Å². The molecular weight excluding hydrogens is 232 g/mol. The first kappa shape index (κ1) is 13.8. The summed E-state index contributed by atoms with van der Waals surface area (Å²) in [4.78, 5) is 16.5. The predicted octanol–water partition coefficient (Wildman–Crippen LogP) is -0.0620. The largest absolute Gasteiger partial charge is 0.395 e. The van der Waals surface area contributed by atoms with Gasteiger partial charge in [-0.25, -0.2) is 0 Å². The van der Waals surface area contributed by atoms with E-state index in [2.05, 4.69) is 4.90 Å². The van der Waals surface area contributed by atoms with E-state index in [9.17, 15) is 4.79 Å². The van der Waals surface area contributed by atoms with Crippen LogP contribution in [0.15, 0.2) is 0 Å². The number of amides is 1. The van der Waals surface area contributed by atoms with Crippen molar-refractivity contribution >= 4 is 5.91 Å². The van der Waals surface area contributed by atoms with Gasteiger partial charge in [0.1, 0.15) is 0 Å². The van der Waals surface area contributed by atoms with Gasteiger partial charge in [-0.15, -0.1) is 0 Å². The van der Waals surface area contributed by atoms with E-state index in [1.165, 1.54) is 0 Å². The molecule has 2 aliphatic rings. The molecule has 104 valence electrons. The minimum Gasteiger partial charge on any atom is -0.395 e. The van der Waals surface area contributed by atoms with Gasteiger partial charge in [0.05, 0.1) is 25.2 Å². The molecule has 1 N–H and O–H groups in total. The molecule has 2 heterocycles. The van der Waals surface area contributed by atoms with E-state index >= 15 is 0 Å². The van der Waals surface area contributed by atoms with Crippen molar-refractivity contribution in [1.29, 1.82) is 0 Å². The average Bonchev–Trinajstić information content (AvgIpc) is 2.65. The highest BCUT2D eigenvalue weighted by Crippen LogP contribution is 2.21. The Morgan fingerprint density at radius 1 is 1.33 bits per heavy atom. The van der Waals surface area contributed by atoms with E-state index in [0.717, 1.165) is 39.0 Å². The smallest absolute Gasteiger partial charge is 0.228 e. The molecule has 2 saturated heterocycles. The lowest BCUT2D eigenvalue weighted by atomic mass is 10.0. The molecule has 0 saturated carbocycles. The second-order valence-corrected chi connectivity index (χ2v) is 5.32. The van der Waals surface area contributed by atoms with E-state index in [0.29, 0.717) is 13.2 Å². The van der Waals surface area contributed by atoms with Crippen LogP contribution in [-0.4, -0.2) is 72.9 Å². The number of β-amino-alcohol motifs (C(OH)–C–C–N with tert-alkyl or cyclic N) is 1. The Bertz CT molecular complexity index is 285. The Hall–Kier alpha value is -0.650. The van der Waals surface area contributed by atoms with Crippen LogP contribution in [0.2, 0.25) is 0 Å². The number of carbonyl (C=O) groups is 1. The van der Waals surface area contributed by atoms with Crippen LogP contribution >= 0.6 is 0 Å². The summed E-state index contributed by atoms with van der Waals surface area (Å²) in [6.07, 6.45) is 2.07. The summed E-state index contributed by atoms with van der Waals surface area (Å²) in [5.41, 5.74) is 0. The number of carbonyl (C=O) groups excluding carboxylic acids is 1. The third kappa shape index (κ3) is 3.43. The lowest BCUT2D eigenvalue weighted by Crippen LogP contribution is -2.39. The number of aliphatic hydroxyl groups is 1. The monoisotopic (exact) mass is 256 g/mol. The highest BCUT2D eigenvalue weighted by atomic mass is 16.5. The molecule has 0 aromatic carbocycles. The number of hydrogen-bond acceptors (Lipinski definition) is 4. The van der Waals surface area contributed by atoms with Gasteiger partial charge >= 0.3 is 0 Å².